The quantitative estimate of drug-likeness (QED) is 0.384. The summed E-state index contributed by atoms with van der Waals surface area (Å²) in [5.74, 6) is -1.59. The van der Waals surface area contributed by atoms with Gasteiger partial charge in [-0.05, 0) is 36.6 Å². The highest BCUT2D eigenvalue weighted by Gasteiger charge is 2.20. The molecule has 1 heterocycles. The summed E-state index contributed by atoms with van der Waals surface area (Å²) in [6.45, 7) is -3.59. The number of thioether (sulfide) groups is 1. The predicted molar refractivity (Wildman–Crippen MR) is 112 cm³/mol. The molecule has 0 saturated carbocycles. The second-order valence-corrected chi connectivity index (χ2v) is 7.13. The molecule has 7 nitrogen and oxygen atoms in total. The third-order valence-corrected chi connectivity index (χ3v) is 4.85. The molecule has 2 aromatic carbocycles. The molecule has 162 valence electrons. The fourth-order valence-corrected chi connectivity index (χ4v) is 3.39. The summed E-state index contributed by atoms with van der Waals surface area (Å²) in [6, 6.07) is 12.9. The van der Waals surface area contributed by atoms with Crippen molar-refractivity contribution in [2.45, 2.75) is 11.8 Å². The van der Waals surface area contributed by atoms with Crippen LogP contribution in [0.2, 0.25) is 5.02 Å². The van der Waals surface area contributed by atoms with E-state index in [1.54, 1.807) is 4.57 Å². The minimum absolute atomic E-state index is 0.105. The van der Waals surface area contributed by atoms with Crippen molar-refractivity contribution in [2.24, 2.45) is 0 Å². The molecule has 3 rings (SSSR count). The minimum Gasteiger partial charge on any atom is -0.451 e. The van der Waals surface area contributed by atoms with Crippen LogP contribution in [0.5, 0.6) is 5.75 Å². The molecular formula is C20H16ClF2N3O4S. The molecule has 11 heteroatoms. The maximum absolute atomic E-state index is 12.5. The van der Waals surface area contributed by atoms with Crippen molar-refractivity contribution in [1.29, 1.82) is 0 Å². The van der Waals surface area contributed by atoms with Gasteiger partial charge in [-0.25, -0.2) is 9.78 Å². The number of nitrogens with zero attached hydrogens (tertiary/aromatic N) is 2. The van der Waals surface area contributed by atoms with E-state index in [1.165, 1.54) is 36.2 Å². The lowest BCUT2D eigenvalue weighted by molar-refractivity contribution is -0.119. The molecule has 31 heavy (non-hydrogen) atoms. The van der Waals surface area contributed by atoms with Crippen LogP contribution in [0.1, 0.15) is 10.5 Å². The van der Waals surface area contributed by atoms with E-state index in [0.717, 1.165) is 5.69 Å². The molecule has 0 bridgehead atoms. The van der Waals surface area contributed by atoms with Gasteiger partial charge in [-0.1, -0.05) is 41.6 Å². The van der Waals surface area contributed by atoms with Gasteiger partial charge >= 0.3 is 12.6 Å². The number of nitrogens with one attached hydrogen (secondary N) is 1. The van der Waals surface area contributed by atoms with Crippen molar-refractivity contribution in [3.05, 3.63) is 65.4 Å². The van der Waals surface area contributed by atoms with Crippen LogP contribution in [-0.2, 0) is 9.53 Å². The average Bonchev–Trinajstić information content (AvgIpc) is 3.18. The summed E-state index contributed by atoms with van der Waals surface area (Å²) >= 11 is 7.21. The van der Waals surface area contributed by atoms with Gasteiger partial charge in [-0.3, -0.25) is 9.36 Å². The molecule has 0 spiro atoms. The zero-order chi connectivity index (χ0) is 22.4. The molecular weight excluding hydrogens is 452 g/mol. The second kappa shape index (κ2) is 10.3. The van der Waals surface area contributed by atoms with Gasteiger partial charge in [0.05, 0.1) is 11.2 Å². The van der Waals surface area contributed by atoms with Crippen molar-refractivity contribution in [1.82, 2.24) is 9.55 Å². The maximum atomic E-state index is 12.5. The van der Waals surface area contributed by atoms with E-state index in [1.807, 2.05) is 36.6 Å². The molecule has 0 aliphatic rings. The number of anilines is 1. The van der Waals surface area contributed by atoms with Crippen LogP contribution in [0.3, 0.4) is 0 Å². The number of ether oxygens (including phenoxy) is 2. The monoisotopic (exact) mass is 467 g/mol. The van der Waals surface area contributed by atoms with Crippen molar-refractivity contribution in [3.8, 4) is 11.4 Å². The number of alkyl halides is 2. The standard InChI is InChI=1S/C20H16ClF2N3O4S/c1-31-20-24-10-15(26(20)13-5-3-2-4-6-13)18(28)29-11-17(27)25-12-7-8-16(14(21)9-12)30-19(22)23/h2-10,19H,11H2,1H3,(H,25,27). The first-order chi connectivity index (χ1) is 14.9. The largest absolute Gasteiger partial charge is 0.451 e. The van der Waals surface area contributed by atoms with Crippen LogP contribution in [0.4, 0.5) is 14.5 Å². The summed E-state index contributed by atoms with van der Waals surface area (Å²) in [6.07, 6.45) is 3.20. The Morgan fingerprint density at radius 3 is 2.61 bits per heavy atom. The summed E-state index contributed by atoms with van der Waals surface area (Å²) in [5, 5.41) is 2.94. The van der Waals surface area contributed by atoms with E-state index in [2.05, 4.69) is 15.0 Å². The highest BCUT2D eigenvalue weighted by molar-refractivity contribution is 7.98. The number of esters is 1. The molecule has 1 N–H and O–H groups in total. The topological polar surface area (TPSA) is 82.4 Å². The van der Waals surface area contributed by atoms with Crippen LogP contribution in [0, 0.1) is 0 Å². The molecule has 3 aromatic rings. The number of hydrogen-bond acceptors (Lipinski definition) is 6. The van der Waals surface area contributed by atoms with Gasteiger partial charge in [-0.15, -0.1) is 0 Å². The molecule has 0 saturated heterocycles. The summed E-state index contributed by atoms with van der Waals surface area (Å²) in [4.78, 5) is 28.9. The van der Waals surface area contributed by atoms with Crippen molar-refractivity contribution in [2.75, 3.05) is 18.2 Å². The number of aromatic nitrogens is 2. The Morgan fingerprint density at radius 1 is 1.23 bits per heavy atom. The lowest BCUT2D eigenvalue weighted by Crippen LogP contribution is -2.22. The van der Waals surface area contributed by atoms with E-state index in [-0.39, 0.29) is 22.2 Å². The second-order valence-electron chi connectivity index (χ2n) is 5.95. The number of carbonyl (C=O) groups is 2. The molecule has 0 atom stereocenters. The molecule has 0 aliphatic heterocycles. The normalized spacial score (nSPS) is 10.7. The molecule has 1 amide bonds. The summed E-state index contributed by atoms with van der Waals surface area (Å²) in [5.41, 5.74) is 1.12. The lowest BCUT2D eigenvalue weighted by atomic mass is 10.3. The maximum Gasteiger partial charge on any atom is 0.387 e. The smallest absolute Gasteiger partial charge is 0.387 e. The Bertz CT molecular complexity index is 1080. The molecule has 0 unspecified atom stereocenters. The molecule has 0 fully saturated rings. The highest BCUT2D eigenvalue weighted by Crippen LogP contribution is 2.29. The van der Waals surface area contributed by atoms with Crippen molar-refractivity contribution < 1.29 is 27.8 Å². The van der Waals surface area contributed by atoms with Crippen LogP contribution in [-0.4, -0.2) is 40.9 Å². The number of para-hydroxylation sites is 1. The van der Waals surface area contributed by atoms with Gasteiger partial charge in [0.15, 0.2) is 17.5 Å². The zero-order valence-electron chi connectivity index (χ0n) is 16.1. The molecule has 0 aliphatic carbocycles. The Hall–Kier alpha value is -3.11. The van der Waals surface area contributed by atoms with Crippen molar-refractivity contribution >= 4 is 40.9 Å². The minimum atomic E-state index is -3.02. The average molecular weight is 468 g/mol. The van der Waals surface area contributed by atoms with Gasteiger partial charge in [0.2, 0.25) is 0 Å². The van der Waals surface area contributed by atoms with E-state index < -0.39 is 25.1 Å². The first-order valence-corrected chi connectivity index (χ1v) is 10.4. The first kappa shape index (κ1) is 22.6. The van der Waals surface area contributed by atoms with Crippen LogP contribution >= 0.6 is 23.4 Å². The van der Waals surface area contributed by atoms with Crippen molar-refractivity contribution in [3.63, 3.8) is 0 Å². The third-order valence-electron chi connectivity index (χ3n) is 3.90. The predicted octanol–water partition coefficient (Wildman–Crippen LogP) is 4.64. The fraction of sp³-hybridized carbons (Fsp3) is 0.150. The fourth-order valence-electron chi connectivity index (χ4n) is 2.62. The Labute approximate surface area is 185 Å². The number of amides is 1. The highest BCUT2D eigenvalue weighted by atomic mass is 35.5. The number of hydrogen-bond donors (Lipinski definition) is 1. The zero-order valence-corrected chi connectivity index (χ0v) is 17.6. The van der Waals surface area contributed by atoms with Gasteiger partial charge in [0.1, 0.15) is 5.75 Å². The van der Waals surface area contributed by atoms with Gasteiger partial charge < -0.3 is 14.8 Å². The number of rotatable bonds is 8. The number of benzene rings is 2. The Balaban J connectivity index is 1.65. The third kappa shape index (κ3) is 5.74. The van der Waals surface area contributed by atoms with E-state index >= 15 is 0 Å². The van der Waals surface area contributed by atoms with Crippen LogP contribution in [0.15, 0.2) is 59.9 Å². The summed E-state index contributed by atoms with van der Waals surface area (Å²) < 4.78 is 35.5. The van der Waals surface area contributed by atoms with E-state index in [4.69, 9.17) is 16.3 Å². The first-order valence-electron chi connectivity index (χ1n) is 8.77. The number of carbonyl (C=O) groups excluding carboxylic acids is 2. The van der Waals surface area contributed by atoms with Crippen LogP contribution < -0.4 is 10.1 Å². The number of imidazole rings is 1. The Kier molecular flexibility index (Phi) is 7.48. The number of halogens is 3. The van der Waals surface area contributed by atoms with Gasteiger partial charge in [0.25, 0.3) is 5.91 Å². The Morgan fingerprint density at radius 2 is 1.97 bits per heavy atom. The van der Waals surface area contributed by atoms with Gasteiger partial charge in [0, 0.05) is 11.4 Å². The SMILES string of the molecule is CSc1ncc(C(=O)OCC(=O)Nc2ccc(OC(F)F)c(Cl)c2)n1-c1ccccc1. The van der Waals surface area contributed by atoms with E-state index in [0.29, 0.717) is 5.16 Å². The molecule has 0 radical (unpaired) electrons. The van der Waals surface area contributed by atoms with E-state index in [9.17, 15) is 18.4 Å². The lowest BCUT2D eigenvalue weighted by Gasteiger charge is -2.11. The van der Waals surface area contributed by atoms with Gasteiger partial charge in [-0.2, -0.15) is 8.78 Å². The summed E-state index contributed by atoms with van der Waals surface area (Å²) in [7, 11) is 0. The van der Waals surface area contributed by atoms with Crippen LogP contribution in [0.25, 0.3) is 5.69 Å². The molecule has 1 aromatic heterocycles.